The fraction of sp³-hybridized carbons (Fsp3) is 1.00. The monoisotopic (exact) mass is 120 g/mol. The molecule has 0 bridgehead atoms. The first kappa shape index (κ1) is 7.06. The second kappa shape index (κ2) is 2.39. The smallest absolute Gasteiger partial charge is 0.158 e. The average molecular weight is 120 g/mol. The molecule has 0 heterocycles. The summed E-state index contributed by atoms with van der Waals surface area (Å²) < 4.78 is 9.76. The predicted molar refractivity (Wildman–Crippen MR) is 28.8 cm³/mol. The third-order valence-electron chi connectivity index (χ3n) is 0.451. The molecule has 0 aromatic carbocycles. The quantitative estimate of drug-likeness (QED) is 0.553. The minimum atomic E-state index is -0.774. The zero-order valence-electron chi connectivity index (χ0n) is 4.51. The molecule has 3 heteroatoms. The van der Waals surface area contributed by atoms with Gasteiger partial charge in [-0.25, -0.2) is 0 Å². The summed E-state index contributed by atoms with van der Waals surface area (Å²) >= 11 is 0. The van der Waals surface area contributed by atoms with E-state index in [1.165, 1.54) is 0 Å². The summed E-state index contributed by atoms with van der Waals surface area (Å²) in [5.41, 5.74) is -0.774. The molecule has 0 saturated carbocycles. The van der Waals surface area contributed by atoms with E-state index in [4.69, 9.17) is 5.11 Å². The first-order chi connectivity index (χ1) is 3.06. The molecule has 0 fully saturated rings. The highest BCUT2D eigenvalue weighted by molar-refractivity contribution is 7.23. The summed E-state index contributed by atoms with van der Waals surface area (Å²) in [5.74, 6) is 0. The van der Waals surface area contributed by atoms with Crippen LogP contribution in [0.3, 0.4) is 0 Å². The van der Waals surface area contributed by atoms with E-state index in [0.29, 0.717) is 6.16 Å². The van der Waals surface area contributed by atoms with Crippen molar-refractivity contribution in [1.29, 1.82) is 0 Å². The number of aliphatic hydroxyl groups is 1. The van der Waals surface area contributed by atoms with E-state index >= 15 is 0 Å². The summed E-state index contributed by atoms with van der Waals surface area (Å²) in [6.07, 6.45) is 0.312. The third-order valence-corrected chi connectivity index (χ3v) is 1.35. The zero-order valence-corrected chi connectivity index (χ0v) is 5.40. The SMILES string of the molecule is CC(C)(O)CP=O. The van der Waals surface area contributed by atoms with E-state index in [1.807, 2.05) is 0 Å². The minimum absolute atomic E-state index is 0.00887. The molecule has 0 aliphatic rings. The van der Waals surface area contributed by atoms with Crippen molar-refractivity contribution in [1.82, 2.24) is 0 Å². The van der Waals surface area contributed by atoms with Gasteiger partial charge in [-0.05, 0) is 13.8 Å². The highest BCUT2D eigenvalue weighted by Crippen LogP contribution is 2.07. The van der Waals surface area contributed by atoms with Gasteiger partial charge < -0.3 is 5.11 Å². The Hall–Kier alpha value is 0.0600. The Morgan fingerprint density at radius 1 is 1.71 bits per heavy atom. The Bertz CT molecular complexity index is 64.6. The fourth-order valence-corrected chi connectivity index (χ4v) is 0.474. The molecule has 0 aliphatic heterocycles. The van der Waals surface area contributed by atoms with Crippen LogP contribution in [0.2, 0.25) is 0 Å². The van der Waals surface area contributed by atoms with Gasteiger partial charge in [0.05, 0.1) is 11.8 Å². The van der Waals surface area contributed by atoms with E-state index in [9.17, 15) is 4.57 Å². The molecule has 0 saturated heterocycles. The molecule has 0 aromatic rings. The normalized spacial score (nSPS) is 12.4. The maximum absolute atomic E-state index is 9.76. The van der Waals surface area contributed by atoms with Crippen molar-refractivity contribution in [3.8, 4) is 0 Å². The lowest BCUT2D eigenvalue weighted by atomic mass is 10.2. The number of hydrogen-bond acceptors (Lipinski definition) is 2. The molecule has 0 unspecified atom stereocenters. The van der Waals surface area contributed by atoms with Crippen LogP contribution in [-0.2, 0) is 4.57 Å². The molecule has 0 amide bonds. The van der Waals surface area contributed by atoms with Crippen molar-refractivity contribution < 1.29 is 9.67 Å². The maximum Gasteiger partial charge on any atom is 0.158 e. The molecule has 0 rings (SSSR count). The van der Waals surface area contributed by atoms with Crippen LogP contribution in [0.5, 0.6) is 0 Å². The average Bonchev–Trinajstić information content (AvgIpc) is 1.30. The van der Waals surface area contributed by atoms with E-state index in [1.54, 1.807) is 13.8 Å². The maximum atomic E-state index is 9.76. The summed E-state index contributed by atoms with van der Waals surface area (Å²) in [4.78, 5) is 0. The van der Waals surface area contributed by atoms with Gasteiger partial charge in [0.15, 0.2) is 8.46 Å². The largest absolute Gasteiger partial charge is 0.390 e. The van der Waals surface area contributed by atoms with Crippen LogP contribution >= 0.6 is 8.46 Å². The van der Waals surface area contributed by atoms with Gasteiger partial charge in [0.25, 0.3) is 0 Å². The molecule has 2 nitrogen and oxygen atoms in total. The highest BCUT2D eigenvalue weighted by atomic mass is 31.1. The van der Waals surface area contributed by atoms with Crippen molar-refractivity contribution >= 4 is 8.46 Å². The van der Waals surface area contributed by atoms with Crippen molar-refractivity contribution in [3.63, 3.8) is 0 Å². The van der Waals surface area contributed by atoms with Crippen LogP contribution in [0.1, 0.15) is 13.8 Å². The number of rotatable bonds is 2. The van der Waals surface area contributed by atoms with E-state index in [0.717, 1.165) is 0 Å². The van der Waals surface area contributed by atoms with Crippen LogP contribution in [0.4, 0.5) is 0 Å². The first-order valence-electron chi connectivity index (χ1n) is 2.08. The molecule has 0 atom stereocenters. The second-order valence-electron chi connectivity index (χ2n) is 2.10. The third kappa shape index (κ3) is 6.06. The molecule has 7 heavy (non-hydrogen) atoms. The van der Waals surface area contributed by atoms with Crippen LogP contribution in [0.15, 0.2) is 0 Å². The van der Waals surface area contributed by atoms with Gasteiger partial charge in [-0.1, -0.05) is 0 Å². The molecular weight excluding hydrogens is 111 g/mol. The van der Waals surface area contributed by atoms with Gasteiger partial charge in [0.1, 0.15) is 0 Å². The molecular formula is C4H9O2P. The van der Waals surface area contributed by atoms with Gasteiger partial charge in [0.2, 0.25) is 0 Å². The van der Waals surface area contributed by atoms with Crippen LogP contribution in [0, 0.1) is 0 Å². The predicted octanol–water partition coefficient (Wildman–Crippen LogP) is 1.05. The van der Waals surface area contributed by atoms with Crippen molar-refractivity contribution in [2.24, 2.45) is 0 Å². The Balaban J connectivity index is 3.34. The van der Waals surface area contributed by atoms with Gasteiger partial charge in [-0.3, -0.25) is 4.57 Å². The van der Waals surface area contributed by atoms with E-state index in [2.05, 4.69) is 0 Å². The van der Waals surface area contributed by atoms with Crippen molar-refractivity contribution in [2.45, 2.75) is 19.4 Å². The Labute approximate surface area is 44.7 Å². The standard InChI is InChI=1S/C4H9O2P/c1-4(2,5)3-7-6/h5H,3H2,1-2H3. The summed E-state index contributed by atoms with van der Waals surface area (Å²) in [5, 5.41) is 8.81. The molecule has 0 aliphatic carbocycles. The fourth-order valence-electron chi connectivity index (χ4n) is 0.158. The lowest BCUT2D eigenvalue weighted by Gasteiger charge is -2.09. The summed E-state index contributed by atoms with van der Waals surface area (Å²) in [6, 6.07) is 0. The first-order valence-corrected chi connectivity index (χ1v) is 3.07. The van der Waals surface area contributed by atoms with Crippen molar-refractivity contribution in [2.75, 3.05) is 6.16 Å². The van der Waals surface area contributed by atoms with E-state index in [-0.39, 0.29) is 8.46 Å². The Kier molecular flexibility index (Phi) is 2.41. The van der Waals surface area contributed by atoms with Crippen LogP contribution in [-0.4, -0.2) is 16.9 Å². The molecule has 42 valence electrons. The van der Waals surface area contributed by atoms with Gasteiger partial charge >= 0.3 is 0 Å². The molecule has 0 spiro atoms. The van der Waals surface area contributed by atoms with Crippen LogP contribution in [0.25, 0.3) is 0 Å². The summed E-state index contributed by atoms with van der Waals surface area (Å²) in [7, 11) is 0.00887. The highest BCUT2D eigenvalue weighted by Gasteiger charge is 2.10. The topological polar surface area (TPSA) is 37.3 Å². The van der Waals surface area contributed by atoms with Crippen molar-refractivity contribution in [3.05, 3.63) is 0 Å². The van der Waals surface area contributed by atoms with Gasteiger partial charge in [-0.15, -0.1) is 0 Å². The Morgan fingerprint density at radius 3 is 2.14 bits per heavy atom. The Morgan fingerprint density at radius 2 is 2.14 bits per heavy atom. The summed E-state index contributed by atoms with van der Waals surface area (Å²) in [6.45, 7) is 3.25. The number of hydrogen-bond donors (Lipinski definition) is 1. The van der Waals surface area contributed by atoms with Crippen LogP contribution < -0.4 is 0 Å². The second-order valence-corrected chi connectivity index (χ2v) is 2.67. The van der Waals surface area contributed by atoms with Gasteiger partial charge in [0, 0.05) is 0 Å². The molecule has 1 N–H and O–H groups in total. The lowest BCUT2D eigenvalue weighted by molar-refractivity contribution is 0.106. The molecule has 0 aromatic heterocycles. The van der Waals surface area contributed by atoms with E-state index < -0.39 is 5.60 Å². The lowest BCUT2D eigenvalue weighted by Crippen LogP contribution is -2.19. The van der Waals surface area contributed by atoms with Gasteiger partial charge in [-0.2, -0.15) is 0 Å². The zero-order chi connectivity index (χ0) is 5.91. The minimum Gasteiger partial charge on any atom is -0.390 e. The molecule has 0 radical (unpaired) electrons.